The lowest BCUT2D eigenvalue weighted by molar-refractivity contribution is -0.115. The second kappa shape index (κ2) is 7.41. The van der Waals surface area contributed by atoms with Crippen LogP contribution in [0.5, 0.6) is 0 Å². The summed E-state index contributed by atoms with van der Waals surface area (Å²) in [4.78, 5) is 20.0. The zero-order valence-electron chi connectivity index (χ0n) is 12.5. The van der Waals surface area contributed by atoms with Crippen LogP contribution in [0.1, 0.15) is 12.8 Å². The van der Waals surface area contributed by atoms with Gasteiger partial charge < -0.3 is 9.73 Å². The molecule has 1 N–H and O–H groups in total. The number of hydrogen-bond acceptors (Lipinski definition) is 8. The average Bonchev–Trinajstić information content (AvgIpc) is 3.22. The summed E-state index contributed by atoms with van der Waals surface area (Å²) in [5.41, 5.74) is 0. The number of anilines is 1. The highest BCUT2D eigenvalue weighted by molar-refractivity contribution is 8.00. The van der Waals surface area contributed by atoms with Crippen LogP contribution in [0.3, 0.4) is 0 Å². The van der Waals surface area contributed by atoms with Crippen LogP contribution in [0.15, 0.2) is 40.6 Å². The minimum Gasteiger partial charge on any atom is -0.414 e. The molecule has 0 aliphatic heterocycles. The zero-order valence-corrected chi connectivity index (χ0v) is 14.0. The van der Waals surface area contributed by atoms with Crippen LogP contribution < -0.4 is 5.32 Å². The number of aromatic nitrogens is 6. The van der Waals surface area contributed by atoms with E-state index in [4.69, 9.17) is 16.0 Å². The lowest BCUT2D eigenvalue weighted by Crippen LogP contribution is -2.22. The quantitative estimate of drug-likeness (QED) is 0.659. The molecular formula is C13H12ClN7O2S. The molecule has 1 atom stereocenters. The highest BCUT2D eigenvalue weighted by Gasteiger charge is 2.19. The smallest absolute Gasteiger partial charge is 0.277 e. The van der Waals surface area contributed by atoms with Crippen molar-refractivity contribution < 1.29 is 9.21 Å². The Hall–Kier alpha value is -2.46. The number of amides is 1. The number of carbonyl (C=O) groups excluding carboxylic acids is 1. The van der Waals surface area contributed by atoms with E-state index >= 15 is 0 Å². The van der Waals surface area contributed by atoms with Crippen molar-refractivity contribution in [1.29, 1.82) is 0 Å². The van der Waals surface area contributed by atoms with Crippen molar-refractivity contribution in [2.24, 2.45) is 0 Å². The number of carbonyl (C=O) groups is 1. The van der Waals surface area contributed by atoms with E-state index in [1.165, 1.54) is 12.5 Å². The van der Waals surface area contributed by atoms with Gasteiger partial charge in [0.25, 0.3) is 5.22 Å². The number of rotatable bonds is 6. The fraction of sp³-hybridized carbons (Fsp3) is 0.231. The molecule has 0 aromatic carbocycles. The first-order valence-electron chi connectivity index (χ1n) is 6.84. The number of thioether (sulfide) groups is 1. The van der Waals surface area contributed by atoms with E-state index in [9.17, 15) is 4.79 Å². The van der Waals surface area contributed by atoms with Gasteiger partial charge in [-0.05, 0) is 19.1 Å². The third-order valence-electron chi connectivity index (χ3n) is 2.84. The van der Waals surface area contributed by atoms with E-state index in [1.807, 2.05) is 0 Å². The fourth-order valence-corrected chi connectivity index (χ4v) is 2.50. The first kappa shape index (κ1) is 16.4. The van der Waals surface area contributed by atoms with Gasteiger partial charge >= 0.3 is 0 Å². The van der Waals surface area contributed by atoms with Crippen LogP contribution in [0.2, 0.25) is 5.02 Å². The van der Waals surface area contributed by atoms with E-state index < -0.39 is 5.25 Å². The normalized spacial score (nSPS) is 12.1. The Balaban J connectivity index is 1.56. The summed E-state index contributed by atoms with van der Waals surface area (Å²) in [6.45, 7) is 2.06. The summed E-state index contributed by atoms with van der Waals surface area (Å²) >= 11 is 6.91. The number of nitrogens with zero attached hydrogens (tertiary/aromatic N) is 6. The third kappa shape index (κ3) is 4.30. The van der Waals surface area contributed by atoms with Crippen LogP contribution in [0.4, 0.5) is 5.82 Å². The van der Waals surface area contributed by atoms with Gasteiger partial charge in [0.1, 0.15) is 25.0 Å². The van der Waals surface area contributed by atoms with Gasteiger partial charge in [-0.25, -0.2) is 14.6 Å². The van der Waals surface area contributed by atoms with Crippen molar-refractivity contribution in [3.05, 3.63) is 41.9 Å². The highest BCUT2D eigenvalue weighted by Crippen LogP contribution is 2.23. The molecule has 0 radical (unpaired) electrons. The predicted octanol–water partition coefficient (Wildman–Crippen LogP) is 1.88. The van der Waals surface area contributed by atoms with E-state index in [0.717, 1.165) is 11.8 Å². The summed E-state index contributed by atoms with van der Waals surface area (Å²) in [6, 6.07) is 3.27. The Labute approximate surface area is 145 Å². The predicted molar refractivity (Wildman–Crippen MR) is 86.6 cm³/mol. The maximum Gasteiger partial charge on any atom is 0.277 e. The molecule has 9 nitrogen and oxygen atoms in total. The van der Waals surface area contributed by atoms with Gasteiger partial charge in [0.2, 0.25) is 11.8 Å². The monoisotopic (exact) mass is 365 g/mol. The van der Waals surface area contributed by atoms with Gasteiger partial charge in [0, 0.05) is 6.20 Å². The Bertz CT molecular complexity index is 806. The van der Waals surface area contributed by atoms with Gasteiger partial charge in [-0.1, -0.05) is 23.4 Å². The molecular weight excluding hydrogens is 354 g/mol. The molecule has 0 bridgehead atoms. The molecule has 24 heavy (non-hydrogen) atoms. The minimum absolute atomic E-state index is 0.231. The van der Waals surface area contributed by atoms with Crippen molar-refractivity contribution in [3.63, 3.8) is 0 Å². The van der Waals surface area contributed by atoms with Gasteiger partial charge in [0.15, 0.2) is 0 Å². The molecule has 0 saturated heterocycles. The van der Waals surface area contributed by atoms with E-state index in [2.05, 4.69) is 30.6 Å². The molecule has 1 amide bonds. The molecule has 0 saturated carbocycles. The lowest BCUT2D eigenvalue weighted by Gasteiger charge is -2.09. The van der Waals surface area contributed by atoms with Gasteiger partial charge in [0.05, 0.1) is 10.3 Å². The second-order valence-corrected chi connectivity index (χ2v) is 6.39. The molecule has 0 aliphatic carbocycles. The van der Waals surface area contributed by atoms with Crippen molar-refractivity contribution in [2.45, 2.75) is 23.9 Å². The first-order chi connectivity index (χ1) is 11.6. The maximum atomic E-state index is 12.1. The standard InChI is InChI=1S/C13H12ClN7O2S/c1-8(12(22)18-10-3-2-9(14)4-16-10)24-13-20-19-11(23-13)5-21-7-15-6-17-21/h2-4,6-8H,5H2,1H3,(H,16,18,22). The van der Waals surface area contributed by atoms with E-state index in [1.54, 1.807) is 30.1 Å². The molecule has 3 heterocycles. The van der Waals surface area contributed by atoms with Crippen molar-refractivity contribution in [3.8, 4) is 0 Å². The Kier molecular flexibility index (Phi) is 5.06. The molecule has 11 heteroatoms. The molecule has 124 valence electrons. The summed E-state index contributed by atoms with van der Waals surface area (Å²) in [5.74, 6) is 0.579. The molecule has 0 fully saturated rings. The fourth-order valence-electron chi connectivity index (χ4n) is 1.69. The number of halogens is 1. The summed E-state index contributed by atoms with van der Waals surface area (Å²) in [5, 5.41) is 14.8. The van der Waals surface area contributed by atoms with Crippen molar-refractivity contribution in [1.82, 2.24) is 29.9 Å². The molecule has 0 spiro atoms. The minimum atomic E-state index is -0.442. The van der Waals surface area contributed by atoms with Gasteiger partial charge in [-0.15, -0.1) is 10.2 Å². The molecule has 0 aliphatic rings. The van der Waals surface area contributed by atoms with Crippen molar-refractivity contribution >= 4 is 35.1 Å². The van der Waals surface area contributed by atoms with Gasteiger partial charge in [-0.3, -0.25) is 4.79 Å². The Morgan fingerprint density at radius 1 is 1.46 bits per heavy atom. The molecule has 3 aromatic heterocycles. The van der Waals surface area contributed by atoms with E-state index in [-0.39, 0.29) is 5.91 Å². The molecule has 3 aromatic rings. The third-order valence-corrected chi connectivity index (χ3v) is 4.00. The lowest BCUT2D eigenvalue weighted by atomic mass is 10.4. The van der Waals surface area contributed by atoms with Crippen LogP contribution in [0.25, 0.3) is 0 Å². The Morgan fingerprint density at radius 2 is 2.33 bits per heavy atom. The first-order valence-corrected chi connectivity index (χ1v) is 8.10. The average molecular weight is 366 g/mol. The van der Waals surface area contributed by atoms with Crippen LogP contribution >= 0.6 is 23.4 Å². The van der Waals surface area contributed by atoms with Crippen LogP contribution in [0, 0.1) is 0 Å². The summed E-state index contributed by atoms with van der Waals surface area (Å²) in [6.07, 6.45) is 4.43. The van der Waals surface area contributed by atoms with E-state index in [0.29, 0.717) is 28.5 Å². The summed E-state index contributed by atoms with van der Waals surface area (Å²) < 4.78 is 7.04. The number of pyridine rings is 1. The largest absolute Gasteiger partial charge is 0.414 e. The summed E-state index contributed by atoms with van der Waals surface area (Å²) in [7, 11) is 0. The second-order valence-electron chi connectivity index (χ2n) is 4.67. The number of hydrogen-bond donors (Lipinski definition) is 1. The maximum absolute atomic E-state index is 12.1. The van der Waals surface area contributed by atoms with Crippen molar-refractivity contribution in [2.75, 3.05) is 5.32 Å². The topological polar surface area (TPSA) is 112 Å². The molecule has 1 unspecified atom stereocenters. The SMILES string of the molecule is CC(Sc1nnc(Cn2cncn2)o1)C(=O)Nc1ccc(Cl)cn1. The van der Waals surface area contributed by atoms with Crippen LogP contribution in [-0.2, 0) is 11.3 Å². The molecule has 3 rings (SSSR count). The zero-order chi connectivity index (χ0) is 16.9. The Morgan fingerprint density at radius 3 is 3.04 bits per heavy atom. The highest BCUT2D eigenvalue weighted by atomic mass is 35.5. The number of nitrogens with one attached hydrogen (secondary N) is 1. The van der Waals surface area contributed by atoms with Crippen LogP contribution in [-0.4, -0.2) is 41.1 Å². The van der Waals surface area contributed by atoms with Gasteiger partial charge in [-0.2, -0.15) is 5.10 Å².